The fourth-order valence-electron chi connectivity index (χ4n) is 0.973. The van der Waals surface area contributed by atoms with Crippen LogP contribution in [0.15, 0.2) is 5.38 Å². The minimum absolute atomic E-state index is 0.768. The highest BCUT2D eigenvalue weighted by Gasteiger charge is 2.01. The zero-order chi connectivity index (χ0) is 8.97. The van der Waals surface area contributed by atoms with Crippen molar-refractivity contribution in [1.82, 2.24) is 4.98 Å². The molecule has 12 heavy (non-hydrogen) atoms. The highest BCUT2D eigenvalue weighted by Crippen LogP contribution is 2.16. The quantitative estimate of drug-likeness (QED) is 0.778. The zero-order valence-corrected chi connectivity index (χ0v) is 8.74. The predicted molar refractivity (Wildman–Crippen MR) is 54.8 cm³/mol. The van der Waals surface area contributed by atoms with E-state index in [1.165, 1.54) is 12.1 Å². The Labute approximate surface area is 78.0 Å². The summed E-state index contributed by atoms with van der Waals surface area (Å²) in [6, 6.07) is 0. The van der Waals surface area contributed by atoms with E-state index in [4.69, 9.17) is 0 Å². The van der Waals surface area contributed by atoms with Gasteiger partial charge >= 0.3 is 0 Å². The van der Waals surface area contributed by atoms with Crippen molar-refractivity contribution >= 4 is 16.5 Å². The van der Waals surface area contributed by atoms with Gasteiger partial charge in [0.05, 0.1) is 5.69 Å². The molecule has 0 radical (unpaired) electrons. The number of nitrogens with one attached hydrogen (secondary N) is 1. The monoisotopic (exact) mass is 184 g/mol. The summed E-state index contributed by atoms with van der Waals surface area (Å²) >= 11 is 1.68. The third-order valence-corrected chi connectivity index (χ3v) is 2.65. The van der Waals surface area contributed by atoms with E-state index in [0.717, 1.165) is 17.5 Å². The highest BCUT2D eigenvalue weighted by molar-refractivity contribution is 7.13. The van der Waals surface area contributed by atoms with Crippen LogP contribution in [0.5, 0.6) is 0 Å². The molecule has 0 amide bonds. The Morgan fingerprint density at radius 1 is 1.58 bits per heavy atom. The Balaban J connectivity index is 2.41. The van der Waals surface area contributed by atoms with Gasteiger partial charge in [-0.2, -0.15) is 0 Å². The Morgan fingerprint density at radius 2 is 2.33 bits per heavy atom. The topological polar surface area (TPSA) is 24.9 Å². The molecule has 3 heteroatoms. The fourth-order valence-corrected chi connectivity index (χ4v) is 1.68. The molecule has 0 fully saturated rings. The van der Waals surface area contributed by atoms with Crippen LogP contribution in [0.4, 0.5) is 5.13 Å². The molecule has 1 aromatic rings. The molecule has 0 spiro atoms. The maximum Gasteiger partial charge on any atom is 0.182 e. The Kier molecular flexibility index (Phi) is 3.53. The van der Waals surface area contributed by atoms with Crippen LogP contribution in [-0.2, 0) is 6.42 Å². The second-order valence-corrected chi connectivity index (χ2v) is 4.18. The summed E-state index contributed by atoms with van der Waals surface area (Å²) in [5, 5.41) is 6.20. The lowest BCUT2D eigenvalue weighted by atomic mass is 10.1. The standard InChI is InChI=1S/C9H16N2S/c1-7(2)4-5-8-6-12-9(10-3)11-8/h6-7H,4-5H2,1-3H3,(H,10,11). The minimum Gasteiger partial charge on any atom is -0.365 e. The molecule has 1 heterocycles. The van der Waals surface area contributed by atoms with Crippen LogP contribution in [0.2, 0.25) is 0 Å². The number of nitrogens with zero attached hydrogens (tertiary/aromatic N) is 1. The average molecular weight is 184 g/mol. The van der Waals surface area contributed by atoms with Crippen molar-refractivity contribution < 1.29 is 0 Å². The molecule has 0 aliphatic rings. The number of rotatable bonds is 4. The van der Waals surface area contributed by atoms with E-state index in [0.29, 0.717) is 0 Å². The first-order valence-electron chi connectivity index (χ1n) is 4.34. The normalized spacial score (nSPS) is 10.7. The summed E-state index contributed by atoms with van der Waals surface area (Å²) in [6.07, 6.45) is 2.34. The third-order valence-electron chi connectivity index (χ3n) is 1.74. The first kappa shape index (κ1) is 9.52. The number of aryl methyl sites for hydroxylation is 1. The average Bonchev–Trinajstić information content (AvgIpc) is 2.48. The van der Waals surface area contributed by atoms with Crippen molar-refractivity contribution in [1.29, 1.82) is 0 Å². The molecule has 0 aliphatic heterocycles. The van der Waals surface area contributed by atoms with Crippen LogP contribution in [0.3, 0.4) is 0 Å². The van der Waals surface area contributed by atoms with Crippen LogP contribution in [0.25, 0.3) is 0 Å². The van der Waals surface area contributed by atoms with Crippen molar-refractivity contribution in [3.63, 3.8) is 0 Å². The molecule has 68 valence electrons. The molecule has 2 nitrogen and oxygen atoms in total. The Morgan fingerprint density at radius 3 is 2.83 bits per heavy atom. The molecule has 1 aromatic heterocycles. The van der Waals surface area contributed by atoms with Crippen LogP contribution < -0.4 is 5.32 Å². The molecule has 0 aromatic carbocycles. The number of hydrogen-bond acceptors (Lipinski definition) is 3. The number of thiazole rings is 1. The maximum atomic E-state index is 4.41. The lowest BCUT2D eigenvalue weighted by Crippen LogP contribution is -1.93. The van der Waals surface area contributed by atoms with Gasteiger partial charge in [-0.1, -0.05) is 13.8 Å². The molecule has 0 atom stereocenters. The molecule has 1 N–H and O–H groups in total. The summed E-state index contributed by atoms with van der Waals surface area (Å²) in [4.78, 5) is 4.41. The van der Waals surface area contributed by atoms with Gasteiger partial charge in [-0.15, -0.1) is 11.3 Å². The van der Waals surface area contributed by atoms with Gasteiger partial charge in [0.1, 0.15) is 0 Å². The summed E-state index contributed by atoms with van der Waals surface area (Å²) in [6.45, 7) is 4.48. The fraction of sp³-hybridized carbons (Fsp3) is 0.667. The number of hydrogen-bond donors (Lipinski definition) is 1. The Bertz CT molecular complexity index is 230. The van der Waals surface area contributed by atoms with Crippen molar-refractivity contribution in [2.24, 2.45) is 5.92 Å². The molecule has 0 unspecified atom stereocenters. The second kappa shape index (κ2) is 4.45. The molecular weight excluding hydrogens is 168 g/mol. The third kappa shape index (κ3) is 2.81. The summed E-state index contributed by atoms with van der Waals surface area (Å²) < 4.78 is 0. The smallest absolute Gasteiger partial charge is 0.182 e. The van der Waals surface area contributed by atoms with Gasteiger partial charge < -0.3 is 5.32 Å². The van der Waals surface area contributed by atoms with Crippen LogP contribution >= 0.6 is 11.3 Å². The predicted octanol–water partition coefficient (Wildman–Crippen LogP) is 2.77. The largest absolute Gasteiger partial charge is 0.365 e. The number of aromatic nitrogens is 1. The van der Waals surface area contributed by atoms with Crippen molar-refractivity contribution in [2.75, 3.05) is 12.4 Å². The molecule has 1 rings (SSSR count). The van der Waals surface area contributed by atoms with Gasteiger partial charge in [-0.3, -0.25) is 0 Å². The number of anilines is 1. The lowest BCUT2D eigenvalue weighted by Gasteiger charge is -2.00. The Hall–Kier alpha value is -0.570. The summed E-state index contributed by atoms with van der Waals surface area (Å²) in [5.41, 5.74) is 1.22. The van der Waals surface area contributed by atoms with Crippen molar-refractivity contribution in [3.8, 4) is 0 Å². The van der Waals surface area contributed by atoms with E-state index in [-0.39, 0.29) is 0 Å². The zero-order valence-electron chi connectivity index (χ0n) is 7.92. The highest BCUT2D eigenvalue weighted by atomic mass is 32.1. The molecule has 0 saturated carbocycles. The van der Waals surface area contributed by atoms with Crippen molar-refractivity contribution in [2.45, 2.75) is 26.7 Å². The first-order valence-corrected chi connectivity index (χ1v) is 5.22. The maximum absolute atomic E-state index is 4.41. The van der Waals surface area contributed by atoms with E-state index in [1.54, 1.807) is 11.3 Å². The van der Waals surface area contributed by atoms with Gasteiger partial charge in [0.25, 0.3) is 0 Å². The summed E-state index contributed by atoms with van der Waals surface area (Å²) in [5.74, 6) is 0.768. The van der Waals surface area contributed by atoms with E-state index < -0.39 is 0 Å². The first-order chi connectivity index (χ1) is 5.72. The molecule has 0 bridgehead atoms. The van der Waals surface area contributed by atoms with Crippen LogP contribution in [-0.4, -0.2) is 12.0 Å². The van der Waals surface area contributed by atoms with E-state index >= 15 is 0 Å². The molecule has 0 saturated heterocycles. The van der Waals surface area contributed by atoms with Crippen molar-refractivity contribution in [3.05, 3.63) is 11.1 Å². The molecule has 0 aliphatic carbocycles. The van der Waals surface area contributed by atoms with Crippen LogP contribution in [0.1, 0.15) is 26.0 Å². The molecular formula is C9H16N2S. The SMILES string of the molecule is CNc1nc(CCC(C)C)cs1. The van der Waals surface area contributed by atoms with Gasteiger partial charge in [-0.25, -0.2) is 4.98 Å². The van der Waals surface area contributed by atoms with Gasteiger partial charge in [0, 0.05) is 12.4 Å². The summed E-state index contributed by atoms with van der Waals surface area (Å²) in [7, 11) is 1.91. The van der Waals surface area contributed by atoms with Crippen LogP contribution in [0, 0.1) is 5.92 Å². The minimum atomic E-state index is 0.768. The lowest BCUT2D eigenvalue weighted by molar-refractivity contribution is 0.582. The van der Waals surface area contributed by atoms with Gasteiger partial charge in [-0.05, 0) is 18.8 Å². The second-order valence-electron chi connectivity index (χ2n) is 3.33. The van der Waals surface area contributed by atoms with Gasteiger partial charge in [0.2, 0.25) is 0 Å². The van der Waals surface area contributed by atoms with E-state index in [9.17, 15) is 0 Å². The van der Waals surface area contributed by atoms with E-state index in [2.05, 4.69) is 29.5 Å². The van der Waals surface area contributed by atoms with Gasteiger partial charge in [0.15, 0.2) is 5.13 Å². The van der Waals surface area contributed by atoms with E-state index in [1.807, 2.05) is 7.05 Å².